The summed E-state index contributed by atoms with van der Waals surface area (Å²) >= 11 is 0. The Labute approximate surface area is 116 Å². The third kappa shape index (κ3) is 2.42. The molecule has 0 aliphatic carbocycles. The van der Waals surface area contributed by atoms with Crippen molar-refractivity contribution in [1.82, 2.24) is 10.1 Å². The molecule has 5 nitrogen and oxygen atoms in total. The molecule has 0 aliphatic heterocycles. The van der Waals surface area contributed by atoms with E-state index >= 15 is 0 Å². The number of hydrogen-bond donors (Lipinski definition) is 1. The van der Waals surface area contributed by atoms with Crippen LogP contribution in [0.2, 0.25) is 0 Å². The Bertz CT molecular complexity index is 702. The van der Waals surface area contributed by atoms with Gasteiger partial charge in [-0.15, -0.1) is 0 Å². The number of nitrogens with zero attached hydrogens (tertiary/aromatic N) is 2. The van der Waals surface area contributed by atoms with Crippen molar-refractivity contribution in [2.75, 3.05) is 5.32 Å². The highest BCUT2D eigenvalue weighted by atomic mass is 16.5. The molecule has 3 rings (SSSR count). The molecule has 0 unspecified atom stereocenters. The Balaban J connectivity index is 1.71. The standard InChI is InChI=1S/C15H15N3O2/c1-10-5-3-6-12(11(10)2)16-9-14-17-15(18-20-14)13-7-4-8-19-13/h3-8,16H,9H2,1-2H3. The van der Waals surface area contributed by atoms with Gasteiger partial charge < -0.3 is 14.3 Å². The fraction of sp³-hybridized carbons (Fsp3) is 0.200. The van der Waals surface area contributed by atoms with E-state index in [2.05, 4.69) is 35.4 Å². The van der Waals surface area contributed by atoms with Crippen LogP contribution in [0.1, 0.15) is 17.0 Å². The minimum atomic E-state index is 0.466. The molecule has 0 spiro atoms. The van der Waals surface area contributed by atoms with Gasteiger partial charge in [-0.3, -0.25) is 0 Å². The Kier molecular flexibility index (Phi) is 3.25. The predicted octanol–water partition coefficient (Wildman–Crippen LogP) is 3.56. The molecule has 20 heavy (non-hydrogen) atoms. The molecule has 0 bridgehead atoms. The lowest BCUT2D eigenvalue weighted by Crippen LogP contribution is -2.02. The molecular formula is C15H15N3O2. The van der Waals surface area contributed by atoms with Crippen LogP contribution in [0.3, 0.4) is 0 Å². The average Bonchev–Trinajstić information content (AvgIpc) is 3.10. The topological polar surface area (TPSA) is 64.1 Å². The predicted molar refractivity (Wildman–Crippen MR) is 75.2 cm³/mol. The van der Waals surface area contributed by atoms with E-state index < -0.39 is 0 Å². The largest absolute Gasteiger partial charge is 0.461 e. The van der Waals surface area contributed by atoms with Crippen LogP contribution in [0.15, 0.2) is 45.5 Å². The number of aryl methyl sites for hydroxylation is 1. The van der Waals surface area contributed by atoms with E-state index in [0.717, 1.165) is 5.69 Å². The number of hydrogen-bond acceptors (Lipinski definition) is 5. The Hall–Kier alpha value is -2.56. The second kappa shape index (κ2) is 5.21. The third-order valence-corrected chi connectivity index (χ3v) is 3.24. The van der Waals surface area contributed by atoms with Crippen LogP contribution in [0.25, 0.3) is 11.6 Å². The van der Waals surface area contributed by atoms with Crippen LogP contribution in [0, 0.1) is 13.8 Å². The van der Waals surface area contributed by atoms with Gasteiger partial charge in [0.15, 0.2) is 5.76 Å². The van der Waals surface area contributed by atoms with Gasteiger partial charge in [0.1, 0.15) is 0 Å². The van der Waals surface area contributed by atoms with Crippen molar-refractivity contribution in [2.45, 2.75) is 20.4 Å². The van der Waals surface area contributed by atoms with Crippen molar-refractivity contribution in [3.8, 4) is 11.6 Å². The van der Waals surface area contributed by atoms with Gasteiger partial charge in [-0.1, -0.05) is 17.3 Å². The first-order chi connectivity index (χ1) is 9.74. The molecule has 3 aromatic rings. The van der Waals surface area contributed by atoms with E-state index in [-0.39, 0.29) is 0 Å². The van der Waals surface area contributed by atoms with Crippen LogP contribution in [0.4, 0.5) is 5.69 Å². The normalized spacial score (nSPS) is 10.7. The maximum atomic E-state index is 5.23. The van der Waals surface area contributed by atoms with Gasteiger partial charge in [-0.05, 0) is 43.2 Å². The lowest BCUT2D eigenvalue weighted by molar-refractivity contribution is 0.382. The second-order valence-electron chi connectivity index (χ2n) is 4.59. The zero-order valence-corrected chi connectivity index (χ0v) is 11.4. The summed E-state index contributed by atoms with van der Waals surface area (Å²) in [5, 5.41) is 7.19. The fourth-order valence-corrected chi connectivity index (χ4v) is 1.95. The second-order valence-corrected chi connectivity index (χ2v) is 4.59. The number of rotatable bonds is 4. The highest BCUT2D eigenvalue weighted by Gasteiger charge is 2.10. The Morgan fingerprint density at radius 3 is 2.85 bits per heavy atom. The van der Waals surface area contributed by atoms with Crippen LogP contribution in [0.5, 0.6) is 0 Å². The first-order valence-corrected chi connectivity index (χ1v) is 6.40. The number of anilines is 1. The molecule has 0 aliphatic rings. The minimum absolute atomic E-state index is 0.466. The van der Waals surface area contributed by atoms with Crippen LogP contribution >= 0.6 is 0 Å². The average molecular weight is 269 g/mol. The van der Waals surface area contributed by atoms with Crippen LogP contribution < -0.4 is 5.32 Å². The zero-order chi connectivity index (χ0) is 13.9. The first-order valence-electron chi connectivity index (χ1n) is 6.40. The van der Waals surface area contributed by atoms with Crippen molar-refractivity contribution in [3.63, 3.8) is 0 Å². The van der Waals surface area contributed by atoms with Gasteiger partial charge in [-0.25, -0.2) is 0 Å². The summed E-state index contributed by atoms with van der Waals surface area (Å²) in [6.45, 7) is 4.65. The molecule has 0 saturated carbocycles. The lowest BCUT2D eigenvalue weighted by atomic mass is 10.1. The zero-order valence-electron chi connectivity index (χ0n) is 11.4. The first kappa shape index (κ1) is 12.5. The molecule has 0 atom stereocenters. The molecule has 0 fully saturated rings. The van der Waals surface area contributed by atoms with E-state index in [1.165, 1.54) is 11.1 Å². The summed E-state index contributed by atoms with van der Waals surface area (Å²) in [6, 6.07) is 9.73. The van der Waals surface area contributed by atoms with E-state index in [1.54, 1.807) is 18.4 Å². The van der Waals surface area contributed by atoms with Gasteiger partial charge >= 0.3 is 0 Å². The lowest BCUT2D eigenvalue weighted by Gasteiger charge is -2.09. The summed E-state index contributed by atoms with van der Waals surface area (Å²) in [6.07, 6.45) is 1.58. The van der Waals surface area contributed by atoms with Gasteiger partial charge in [-0.2, -0.15) is 4.98 Å². The highest BCUT2D eigenvalue weighted by Crippen LogP contribution is 2.19. The SMILES string of the molecule is Cc1cccc(NCc2nc(-c3ccco3)no2)c1C. The summed E-state index contributed by atoms with van der Waals surface area (Å²) in [5.41, 5.74) is 3.54. The van der Waals surface area contributed by atoms with Gasteiger partial charge in [0.2, 0.25) is 11.7 Å². The van der Waals surface area contributed by atoms with Gasteiger partial charge in [0, 0.05) is 5.69 Å². The molecule has 0 amide bonds. The maximum Gasteiger partial charge on any atom is 0.246 e. The van der Waals surface area contributed by atoms with Crippen LogP contribution in [-0.4, -0.2) is 10.1 Å². The third-order valence-electron chi connectivity index (χ3n) is 3.24. The summed E-state index contributed by atoms with van der Waals surface area (Å²) in [4.78, 5) is 4.29. The minimum Gasteiger partial charge on any atom is -0.461 e. The van der Waals surface area contributed by atoms with Crippen molar-refractivity contribution < 1.29 is 8.94 Å². The van der Waals surface area contributed by atoms with Crippen molar-refractivity contribution in [2.24, 2.45) is 0 Å². The smallest absolute Gasteiger partial charge is 0.246 e. The molecule has 1 aromatic carbocycles. The number of benzene rings is 1. The fourth-order valence-electron chi connectivity index (χ4n) is 1.95. The Morgan fingerprint density at radius 1 is 1.15 bits per heavy atom. The molecule has 2 heterocycles. The molecular weight excluding hydrogens is 254 g/mol. The highest BCUT2D eigenvalue weighted by molar-refractivity contribution is 5.53. The Morgan fingerprint density at radius 2 is 2.05 bits per heavy atom. The van der Waals surface area contributed by atoms with E-state index in [4.69, 9.17) is 8.94 Å². The number of aromatic nitrogens is 2. The monoisotopic (exact) mass is 269 g/mol. The summed E-state index contributed by atoms with van der Waals surface area (Å²) < 4.78 is 10.4. The number of furan rings is 1. The molecule has 0 saturated heterocycles. The van der Waals surface area contributed by atoms with E-state index in [1.807, 2.05) is 12.1 Å². The van der Waals surface area contributed by atoms with Crippen molar-refractivity contribution in [3.05, 3.63) is 53.6 Å². The summed E-state index contributed by atoms with van der Waals surface area (Å²) in [5.74, 6) is 1.59. The molecule has 102 valence electrons. The van der Waals surface area contributed by atoms with E-state index in [0.29, 0.717) is 24.0 Å². The maximum absolute atomic E-state index is 5.23. The summed E-state index contributed by atoms with van der Waals surface area (Å²) in [7, 11) is 0. The number of nitrogens with one attached hydrogen (secondary N) is 1. The molecule has 1 N–H and O–H groups in total. The van der Waals surface area contributed by atoms with Crippen LogP contribution in [-0.2, 0) is 6.54 Å². The molecule has 0 radical (unpaired) electrons. The van der Waals surface area contributed by atoms with Crippen molar-refractivity contribution in [1.29, 1.82) is 0 Å². The van der Waals surface area contributed by atoms with E-state index in [9.17, 15) is 0 Å². The van der Waals surface area contributed by atoms with Gasteiger partial charge in [0.25, 0.3) is 0 Å². The quantitative estimate of drug-likeness (QED) is 0.784. The molecule has 5 heteroatoms. The van der Waals surface area contributed by atoms with Crippen molar-refractivity contribution >= 4 is 5.69 Å². The molecule has 2 aromatic heterocycles. The van der Waals surface area contributed by atoms with Gasteiger partial charge in [0.05, 0.1) is 12.8 Å².